The van der Waals surface area contributed by atoms with Crippen LogP contribution in [0.25, 0.3) is 0 Å². The van der Waals surface area contributed by atoms with Gasteiger partial charge in [-0.05, 0) is 49.6 Å². The fraction of sp³-hybridized carbons (Fsp3) is 0.333. The van der Waals surface area contributed by atoms with Crippen LogP contribution in [0.5, 0.6) is 0 Å². The summed E-state index contributed by atoms with van der Waals surface area (Å²) in [5.74, 6) is -0.890. The van der Waals surface area contributed by atoms with Crippen molar-refractivity contribution in [3.8, 4) is 0 Å². The van der Waals surface area contributed by atoms with Crippen molar-refractivity contribution in [2.24, 2.45) is 5.92 Å². The first-order valence-corrected chi connectivity index (χ1v) is 11.4. The van der Waals surface area contributed by atoms with Crippen molar-refractivity contribution in [2.75, 3.05) is 18.4 Å². The molecule has 1 fully saturated rings. The second-order valence-electron chi connectivity index (χ2n) is 7.21. The predicted octanol–water partition coefficient (Wildman–Crippen LogP) is 3.72. The Morgan fingerprint density at radius 2 is 1.90 bits per heavy atom. The molecule has 0 unspecified atom stereocenters. The number of sulfonamides is 1. The van der Waals surface area contributed by atoms with Crippen molar-refractivity contribution in [1.82, 2.24) is 4.31 Å². The van der Waals surface area contributed by atoms with Crippen LogP contribution in [0, 0.1) is 5.92 Å². The molecule has 0 spiro atoms. The van der Waals surface area contributed by atoms with Crippen LogP contribution in [0.3, 0.4) is 0 Å². The number of carbonyl (C=O) groups excluding carboxylic acids is 2. The summed E-state index contributed by atoms with van der Waals surface area (Å²) in [6, 6.07) is 13.4. The largest absolute Gasteiger partial charge is 0.326 e. The number of halogens is 1. The number of hydrogen-bond acceptors (Lipinski definition) is 4. The average Bonchev–Trinajstić information content (AvgIpc) is 2.70. The fourth-order valence-electron chi connectivity index (χ4n) is 3.35. The van der Waals surface area contributed by atoms with E-state index < -0.39 is 15.9 Å². The summed E-state index contributed by atoms with van der Waals surface area (Å²) in [5, 5.41) is 3.36. The smallest absolute Gasteiger partial charge is 0.228 e. The minimum Gasteiger partial charge on any atom is -0.326 e. The number of anilines is 1. The molecule has 0 bridgehead atoms. The summed E-state index contributed by atoms with van der Waals surface area (Å²) >= 11 is 5.86. The topological polar surface area (TPSA) is 83.6 Å². The number of rotatable bonds is 6. The first kappa shape index (κ1) is 21.5. The van der Waals surface area contributed by atoms with Crippen molar-refractivity contribution in [1.29, 1.82) is 0 Å². The van der Waals surface area contributed by atoms with Gasteiger partial charge in [-0.1, -0.05) is 35.9 Å². The SMILES string of the molecule is CC(=O)c1cccc(NC(=O)[C@@H]2CCCN(S(=O)(=O)Cc3ccc(Cl)cc3)C2)c1. The van der Waals surface area contributed by atoms with Gasteiger partial charge < -0.3 is 5.32 Å². The molecule has 6 nitrogen and oxygen atoms in total. The summed E-state index contributed by atoms with van der Waals surface area (Å²) < 4.78 is 27.0. The van der Waals surface area contributed by atoms with Crippen LogP contribution < -0.4 is 5.32 Å². The Morgan fingerprint density at radius 3 is 2.59 bits per heavy atom. The first-order valence-electron chi connectivity index (χ1n) is 9.39. The number of piperidine rings is 1. The van der Waals surface area contributed by atoms with Gasteiger partial charge in [-0.25, -0.2) is 12.7 Å². The summed E-state index contributed by atoms with van der Waals surface area (Å²) in [6.45, 7) is 2.01. The molecule has 3 rings (SSSR count). The molecule has 1 amide bonds. The molecule has 2 aromatic carbocycles. The minimum atomic E-state index is -3.54. The van der Waals surface area contributed by atoms with E-state index in [-0.39, 0.29) is 24.0 Å². The number of ketones is 1. The Morgan fingerprint density at radius 1 is 1.17 bits per heavy atom. The zero-order chi connectivity index (χ0) is 21.0. The normalized spacial score (nSPS) is 17.7. The molecule has 1 aliphatic rings. The molecule has 1 atom stereocenters. The Balaban J connectivity index is 1.66. The zero-order valence-corrected chi connectivity index (χ0v) is 17.7. The van der Waals surface area contributed by atoms with E-state index in [9.17, 15) is 18.0 Å². The molecule has 0 radical (unpaired) electrons. The van der Waals surface area contributed by atoms with Crippen LogP contribution in [-0.2, 0) is 20.6 Å². The maximum absolute atomic E-state index is 12.8. The molecule has 1 saturated heterocycles. The second-order valence-corrected chi connectivity index (χ2v) is 9.61. The highest BCUT2D eigenvalue weighted by Crippen LogP contribution is 2.23. The molecule has 154 valence electrons. The van der Waals surface area contributed by atoms with Gasteiger partial charge in [0, 0.05) is 29.4 Å². The van der Waals surface area contributed by atoms with Gasteiger partial charge in [0.15, 0.2) is 5.78 Å². The molecule has 1 N–H and O–H groups in total. The van der Waals surface area contributed by atoms with Gasteiger partial charge in [-0.15, -0.1) is 0 Å². The summed E-state index contributed by atoms with van der Waals surface area (Å²) in [5.41, 5.74) is 1.70. The van der Waals surface area contributed by atoms with Crippen molar-refractivity contribution in [3.05, 3.63) is 64.7 Å². The maximum Gasteiger partial charge on any atom is 0.228 e. The molecule has 1 aliphatic heterocycles. The standard InChI is InChI=1S/C21H23ClN2O4S/c1-15(25)17-4-2-6-20(12-17)23-21(26)18-5-3-11-24(13-18)29(27,28)14-16-7-9-19(22)10-8-16/h2,4,6-10,12,18H,3,5,11,13-14H2,1H3,(H,23,26)/t18-/m1/s1. The number of hydrogen-bond donors (Lipinski definition) is 1. The highest BCUT2D eigenvalue weighted by molar-refractivity contribution is 7.88. The van der Waals surface area contributed by atoms with Gasteiger partial charge in [0.25, 0.3) is 0 Å². The van der Waals surface area contributed by atoms with Crippen molar-refractivity contribution < 1.29 is 18.0 Å². The van der Waals surface area contributed by atoms with E-state index in [1.807, 2.05) is 0 Å². The van der Waals surface area contributed by atoms with Gasteiger partial charge in [0.1, 0.15) is 0 Å². The summed E-state index contributed by atoms with van der Waals surface area (Å²) in [7, 11) is -3.54. The Hall–Kier alpha value is -2.22. The number of Topliss-reactive ketones (excluding diaryl/α,β-unsaturated/α-hetero) is 1. The highest BCUT2D eigenvalue weighted by atomic mass is 35.5. The quantitative estimate of drug-likeness (QED) is 0.702. The third-order valence-electron chi connectivity index (χ3n) is 4.95. The predicted molar refractivity (Wildman–Crippen MR) is 113 cm³/mol. The fourth-order valence-corrected chi connectivity index (χ4v) is 5.09. The number of nitrogens with zero attached hydrogens (tertiary/aromatic N) is 1. The van der Waals surface area contributed by atoms with Gasteiger partial charge in [-0.2, -0.15) is 0 Å². The van der Waals surface area contributed by atoms with Crippen LogP contribution in [0.4, 0.5) is 5.69 Å². The lowest BCUT2D eigenvalue weighted by atomic mass is 9.98. The monoisotopic (exact) mass is 434 g/mol. The third-order valence-corrected chi connectivity index (χ3v) is 7.02. The second kappa shape index (κ2) is 9.07. The maximum atomic E-state index is 12.8. The number of nitrogens with one attached hydrogen (secondary N) is 1. The van der Waals surface area contributed by atoms with Crippen molar-refractivity contribution in [3.63, 3.8) is 0 Å². The van der Waals surface area contributed by atoms with Crippen LogP contribution in [0.15, 0.2) is 48.5 Å². The molecule has 0 saturated carbocycles. The summed E-state index contributed by atoms with van der Waals surface area (Å²) in [4.78, 5) is 24.2. The van der Waals surface area contributed by atoms with E-state index in [1.54, 1.807) is 48.5 Å². The summed E-state index contributed by atoms with van der Waals surface area (Å²) in [6.07, 6.45) is 1.23. The molecule has 2 aromatic rings. The Labute approximate surface area is 175 Å². The highest BCUT2D eigenvalue weighted by Gasteiger charge is 2.32. The number of amides is 1. The molecule has 0 aromatic heterocycles. The first-order chi connectivity index (χ1) is 13.7. The van der Waals surface area contributed by atoms with Crippen molar-refractivity contribution in [2.45, 2.75) is 25.5 Å². The Bertz CT molecular complexity index is 1010. The lowest BCUT2D eigenvalue weighted by Crippen LogP contribution is -2.44. The van der Waals surface area contributed by atoms with Gasteiger partial charge in [0.2, 0.25) is 15.9 Å². The lowest BCUT2D eigenvalue weighted by Gasteiger charge is -2.31. The molecular formula is C21H23ClN2O4S. The van der Waals surface area contributed by atoms with Gasteiger partial charge in [0.05, 0.1) is 11.7 Å². The molecule has 1 heterocycles. The zero-order valence-electron chi connectivity index (χ0n) is 16.1. The van der Waals surface area contributed by atoms with E-state index in [0.717, 1.165) is 0 Å². The third kappa shape index (κ3) is 5.65. The number of carbonyl (C=O) groups is 2. The molecule has 0 aliphatic carbocycles. The van der Waals surface area contributed by atoms with Gasteiger partial charge in [-0.3, -0.25) is 9.59 Å². The van der Waals surface area contributed by atoms with Crippen LogP contribution in [0.1, 0.15) is 35.7 Å². The van der Waals surface area contributed by atoms with Crippen molar-refractivity contribution >= 4 is 39.0 Å². The molecule has 8 heteroatoms. The Kier molecular flexibility index (Phi) is 6.72. The number of benzene rings is 2. The lowest BCUT2D eigenvalue weighted by molar-refractivity contribution is -0.120. The minimum absolute atomic E-state index is 0.0850. The van der Waals surface area contributed by atoms with E-state index >= 15 is 0 Å². The van der Waals surface area contributed by atoms with Crippen LogP contribution >= 0.6 is 11.6 Å². The molecule has 29 heavy (non-hydrogen) atoms. The van der Waals surface area contributed by atoms with Crippen LogP contribution in [0.2, 0.25) is 5.02 Å². The van der Waals surface area contributed by atoms with Gasteiger partial charge >= 0.3 is 0 Å². The molecular weight excluding hydrogens is 412 g/mol. The van der Waals surface area contributed by atoms with E-state index in [1.165, 1.54) is 11.2 Å². The van der Waals surface area contributed by atoms with E-state index in [4.69, 9.17) is 11.6 Å². The van der Waals surface area contributed by atoms with E-state index in [2.05, 4.69) is 5.32 Å². The average molecular weight is 435 g/mol. The van der Waals surface area contributed by atoms with Crippen LogP contribution in [-0.4, -0.2) is 37.5 Å². The van der Waals surface area contributed by atoms with E-state index in [0.29, 0.717) is 41.2 Å².